The first-order chi connectivity index (χ1) is 8.00. The molecule has 1 N–H and O–H groups in total. The molecule has 1 atom stereocenters. The van der Waals surface area contributed by atoms with E-state index in [4.69, 9.17) is 37.8 Å². The highest BCUT2D eigenvalue weighted by Gasteiger charge is 2.09. The molecule has 1 aromatic carbocycles. The van der Waals surface area contributed by atoms with Crippen LogP contribution >= 0.6 is 23.2 Å². The van der Waals surface area contributed by atoms with Crippen LogP contribution in [0.15, 0.2) is 18.2 Å². The van der Waals surface area contributed by atoms with Gasteiger partial charge in [0.1, 0.15) is 25.1 Å². The Morgan fingerprint density at radius 1 is 1.41 bits per heavy atom. The van der Waals surface area contributed by atoms with Gasteiger partial charge in [0, 0.05) is 5.02 Å². The lowest BCUT2D eigenvalue weighted by molar-refractivity contribution is -0.153. The third kappa shape index (κ3) is 4.81. The van der Waals surface area contributed by atoms with Gasteiger partial charge < -0.3 is 14.6 Å². The van der Waals surface area contributed by atoms with Crippen molar-refractivity contribution in [2.45, 2.75) is 13.0 Å². The van der Waals surface area contributed by atoms with E-state index in [0.717, 1.165) is 0 Å². The molecule has 0 saturated heterocycles. The summed E-state index contributed by atoms with van der Waals surface area (Å²) in [6.45, 7) is 1.53. The highest BCUT2D eigenvalue weighted by Crippen LogP contribution is 2.27. The molecule has 1 aromatic rings. The first-order valence-corrected chi connectivity index (χ1v) is 5.69. The molecule has 94 valence electrons. The van der Waals surface area contributed by atoms with Crippen LogP contribution in [0.5, 0.6) is 5.75 Å². The van der Waals surface area contributed by atoms with Crippen LogP contribution < -0.4 is 4.74 Å². The first-order valence-electron chi connectivity index (χ1n) is 4.93. The van der Waals surface area contributed by atoms with Gasteiger partial charge in [-0.05, 0) is 25.1 Å². The molecule has 6 heteroatoms. The summed E-state index contributed by atoms with van der Waals surface area (Å²) in [7, 11) is 0. The molecule has 0 spiro atoms. The number of benzene rings is 1. The topological polar surface area (TPSA) is 55.8 Å². The van der Waals surface area contributed by atoms with Crippen LogP contribution in [0.2, 0.25) is 10.0 Å². The quantitative estimate of drug-likeness (QED) is 0.663. The third-order valence-corrected chi connectivity index (χ3v) is 2.35. The maximum absolute atomic E-state index is 10.9. The van der Waals surface area contributed by atoms with Crippen LogP contribution in [0.3, 0.4) is 0 Å². The van der Waals surface area contributed by atoms with E-state index < -0.39 is 12.1 Å². The summed E-state index contributed by atoms with van der Waals surface area (Å²) in [4.78, 5) is 10.9. The molecule has 1 rings (SSSR count). The number of hydrogen-bond acceptors (Lipinski definition) is 4. The zero-order chi connectivity index (χ0) is 12.8. The van der Waals surface area contributed by atoms with Crippen molar-refractivity contribution >= 4 is 29.2 Å². The second-order valence-electron chi connectivity index (χ2n) is 3.27. The summed E-state index contributed by atoms with van der Waals surface area (Å²) >= 11 is 11.6. The number of aliphatic hydroxyl groups excluding tert-OH is 1. The number of carbonyl (C=O) groups excluding carboxylic acids is 1. The summed E-state index contributed by atoms with van der Waals surface area (Å²) in [5, 5.41) is 9.77. The maximum atomic E-state index is 10.9. The van der Waals surface area contributed by atoms with Crippen molar-refractivity contribution in [2.24, 2.45) is 0 Å². The Kier molecular flexibility index (Phi) is 5.55. The first kappa shape index (κ1) is 14.1. The lowest BCUT2D eigenvalue weighted by Crippen LogP contribution is -2.21. The number of esters is 1. The molecule has 0 aliphatic heterocycles. The SMILES string of the molecule is C[C@H](O)C(=O)OCCOc1ccc(Cl)cc1Cl. The van der Waals surface area contributed by atoms with Crippen molar-refractivity contribution in [3.05, 3.63) is 28.2 Å². The predicted molar refractivity (Wildman–Crippen MR) is 64.6 cm³/mol. The molecule has 4 nitrogen and oxygen atoms in total. The summed E-state index contributed by atoms with van der Waals surface area (Å²) < 4.78 is 9.98. The Hall–Kier alpha value is -0.970. The van der Waals surface area contributed by atoms with E-state index in [-0.39, 0.29) is 13.2 Å². The molecule has 0 radical (unpaired) electrons. The number of ether oxygens (including phenoxy) is 2. The average molecular weight is 279 g/mol. The van der Waals surface area contributed by atoms with E-state index >= 15 is 0 Å². The monoisotopic (exact) mass is 278 g/mol. The molecule has 0 heterocycles. The van der Waals surface area contributed by atoms with Gasteiger partial charge in [-0.2, -0.15) is 0 Å². The molecule has 0 amide bonds. The zero-order valence-corrected chi connectivity index (χ0v) is 10.7. The summed E-state index contributed by atoms with van der Waals surface area (Å²) in [5.74, 6) is -0.222. The third-order valence-electron chi connectivity index (χ3n) is 1.82. The standard InChI is InChI=1S/C11H12Cl2O4/c1-7(14)11(15)17-5-4-16-10-3-2-8(12)6-9(10)13/h2-3,6-7,14H,4-5H2,1H3/t7-/m0/s1. The van der Waals surface area contributed by atoms with Crippen LogP contribution in [0.4, 0.5) is 0 Å². The van der Waals surface area contributed by atoms with Gasteiger partial charge in [-0.25, -0.2) is 4.79 Å². The number of aliphatic hydroxyl groups is 1. The molecule has 0 aromatic heterocycles. The number of carbonyl (C=O) groups is 1. The van der Waals surface area contributed by atoms with E-state index in [1.54, 1.807) is 18.2 Å². The summed E-state index contributed by atoms with van der Waals surface area (Å²) in [6.07, 6.45) is -1.13. The fourth-order valence-electron chi connectivity index (χ4n) is 1.01. The van der Waals surface area contributed by atoms with Gasteiger partial charge in [0.2, 0.25) is 0 Å². The smallest absolute Gasteiger partial charge is 0.334 e. The van der Waals surface area contributed by atoms with Crippen LogP contribution in [-0.2, 0) is 9.53 Å². The molecule has 0 bridgehead atoms. The number of halogens is 2. The van der Waals surface area contributed by atoms with Crippen molar-refractivity contribution in [3.8, 4) is 5.75 Å². The van der Waals surface area contributed by atoms with E-state index in [0.29, 0.717) is 15.8 Å². The van der Waals surface area contributed by atoms with E-state index in [2.05, 4.69) is 0 Å². The Morgan fingerprint density at radius 2 is 2.12 bits per heavy atom. The molecule has 0 aliphatic rings. The Balaban J connectivity index is 2.34. The second kappa shape index (κ2) is 6.69. The highest BCUT2D eigenvalue weighted by molar-refractivity contribution is 6.35. The van der Waals surface area contributed by atoms with Gasteiger partial charge in [0.05, 0.1) is 5.02 Å². The average Bonchev–Trinajstić information content (AvgIpc) is 2.26. The van der Waals surface area contributed by atoms with Crippen LogP contribution in [0, 0.1) is 0 Å². The molecule has 0 fully saturated rings. The molecule has 0 saturated carbocycles. The Bertz CT molecular complexity index is 393. The van der Waals surface area contributed by atoms with E-state index in [9.17, 15) is 4.79 Å². The fraction of sp³-hybridized carbons (Fsp3) is 0.364. The van der Waals surface area contributed by atoms with Crippen molar-refractivity contribution in [1.82, 2.24) is 0 Å². The minimum absolute atomic E-state index is 0.0443. The summed E-state index contributed by atoms with van der Waals surface area (Å²) in [6, 6.07) is 4.83. The van der Waals surface area contributed by atoms with Crippen molar-refractivity contribution < 1.29 is 19.4 Å². The summed E-state index contributed by atoms with van der Waals surface area (Å²) in [5.41, 5.74) is 0. The maximum Gasteiger partial charge on any atom is 0.334 e. The highest BCUT2D eigenvalue weighted by atomic mass is 35.5. The molecule has 0 aliphatic carbocycles. The Labute approximate surface area is 109 Å². The van der Waals surface area contributed by atoms with Crippen molar-refractivity contribution in [2.75, 3.05) is 13.2 Å². The molecule has 0 unspecified atom stereocenters. The molecular formula is C11H12Cl2O4. The van der Waals surface area contributed by atoms with Crippen LogP contribution in [0.25, 0.3) is 0 Å². The number of rotatable bonds is 5. The van der Waals surface area contributed by atoms with Crippen molar-refractivity contribution in [1.29, 1.82) is 0 Å². The normalized spacial score (nSPS) is 12.0. The largest absolute Gasteiger partial charge is 0.488 e. The van der Waals surface area contributed by atoms with Gasteiger partial charge >= 0.3 is 5.97 Å². The van der Waals surface area contributed by atoms with Gasteiger partial charge in [-0.1, -0.05) is 23.2 Å². The second-order valence-corrected chi connectivity index (χ2v) is 4.11. The predicted octanol–water partition coefficient (Wildman–Crippen LogP) is 2.30. The lowest BCUT2D eigenvalue weighted by atomic mass is 10.3. The van der Waals surface area contributed by atoms with Crippen molar-refractivity contribution in [3.63, 3.8) is 0 Å². The Morgan fingerprint density at radius 3 is 2.71 bits per heavy atom. The van der Waals surface area contributed by atoms with E-state index in [1.165, 1.54) is 6.92 Å². The minimum Gasteiger partial charge on any atom is -0.488 e. The number of hydrogen-bond donors (Lipinski definition) is 1. The molecule has 17 heavy (non-hydrogen) atoms. The van der Waals surface area contributed by atoms with Gasteiger partial charge in [0.25, 0.3) is 0 Å². The van der Waals surface area contributed by atoms with Gasteiger partial charge in [-0.3, -0.25) is 0 Å². The lowest BCUT2D eigenvalue weighted by Gasteiger charge is -2.09. The van der Waals surface area contributed by atoms with Gasteiger partial charge in [-0.15, -0.1) is 0 Å². The van der Waals surface area contributed by atoms with Gasteiger partial charge in [0.15, 0.2) is 0 Å². The zero-order valence-electron chi connectivity index (χ0n) is 9.15. The molecular weight excluding hydrogens is 267 g/mol. The fourth-order valence-corrected chi connectivity index (χ4v) is 1.47. The van der Waals surface area contributed by atoms with Crippen LogP contribution in [0.1, 0.15) is 6.92 Å². The van der Waals surface area contributed by atoms with E-state index in [1.807, 2.05) is 0 Å². The minimum atomic E-state index is -1.13. The van der Waals surface area contributed by atoms with Crippen LogP contribution in [-0.4, -0.2) is 30.4 Å².